The van der Waals surface area contributed by atoms with Crippen molar-refractivity contribution in [2.24, 2.45) is 0 Å². The molecule has 2 rings (SSSR count). The lowest BCUT2D eigenvalue weighted by Gasteiger charge is -2.13. The van der Waals surface area contributed by atoms with Crippen LogP contribution in [-0.2, 0) is 16.0 Å². The first-order valence-corrected chi connectivity index (χ1v) is 8.77. The SMILES string of the molecule is COCCOC(=O)c1c(C)[nH]c(C(=O)NCc2cccc(OC)c2OC)c1C. The van der Waals surface area contributed by atoms with Gasteiger partial charge in [-0.15, -0.1) is 0 Å². The van der Waals surface area contributed by atoms with Gasteiger partial charge in [0.2, 0.25) is 0 Å². The molecule has 0 aliphatic heterocycles. The summed E-state index contributed by atoms with van der Waals surface area (Å²) in [6, 6.07) is 5.44. The number of ether oxygens (including phenoxy) is 4. The second-order valence-corrected chi connectivity index (χ2v) is 6.09. The molecule has 0 aliphatic rings. The molecule has 2 N–H and O–H groups in total. The van der Waals surface area contributed by atoms with Crippen LogP contribution in [0, 0.1) is 13.8 Å². The second-order valence-electron chi connectivity index (χ2n) is 6.09. The maximum atomic E-state index is 12.7. The highest BCUT2D eigenvalue weighted by molar-refractivity contribution is 6.00. The number of amides is 1. The van der Waals surface area contributed by atoms with Gasteiger partial charge in [-0.05, 0) is 25.5 Å². The van der Waals surface area contributed by atoms with Crippen LogP contribution in [0.4, 0.5) is 0 Å². The summed E-state index contributed by atoms with van der Waals surface area (Å²) >= 11 is 0. The average molecular weight is 390 g/mol. The zero-order valence-electron chi connectivity index (χ0n) is 16.8. The van der Waals surface area contributed by atoms with Crippen molar-refractivity contribution in [2.45, 2.75) is 20.4 Å². The molecule has 28 heavy (non-hydrogen) atoms. The summed E-state index contributed by atoms with van der Waals surface area (Å²) < 4.78 is 20.7. The van der Waals surface area contributed by atoms with Crippen LogP contribution >= 0.6 is 0 Å². The van der Waals surface area contributed by atoms with Crippen molar-refractivity contribution in [3.05, 3.63) is 46.3 Å². The molecular formula is C20H26N2O6. The van der Waals surface area contributed by atoms with Gasteiger partial charge < -0.3 is 29.2 Å². The molecule has 0 unspecified atom stereocenters. The molecule has 2 aromatic rings. The maximum Gasteiger partial charge on any atom is 0.340 e. The lowest BCUT2D eigenvalue weighted by molar-refractivity contribution is 0.0387. The van der Waals surface area contributed by atoms with Gasteiger partial charge in [-0.2, -0.15) is 0 Å². The number of benzene rings is 1. The number of hydrogen-bond donors (Lipinski definition) is 2. The molecule has 0 atom stereocenters. The van der Waals surface area contributed by atoms with Crippen LogP contribution in [0.3, 0.4) is 0 Å². The molecule has 1 heterocycles. The molecule has 0 saturated carbocycles. The van der Waals surface area contributed by atoms with Crippen molar-refractivity contribution < 1.29 is 28.5 Å². The third-order valence-electron chi connectivity index (χ3n) is 4.31. The van der Waals surface area contributed by atoms with Crippen molar-refractivity contribution in [1.82, 2.24) is 10.3 Å². The minimum absolute atomic E-state index is 0.149. The Morgan fingerprint density at radius 1 is 1.07 bits per heavy atom. The van der Waals surface area contributed by atoms with Gasteiger partial charge in [0.05, 0.1) is 26.4 Å². The normalized spacial score (nSPS) is 10.5. The number of methoxy groups -OCH3 is 3. The number of aryl methyl sites for hydroxylation is 1. The number of aromatic amines is 1. The predicted molar refractivity (Wildman–Crippen MR) is 103 cm³/mol. The zero-order valence-corrected chi connectivity index (χ0v) is 16.8. The summed E-state index contributed by atoms with van der Waals surface area (Å²) in [4.78, 5) is 27.9. The predicted octanol–water partition coefficient (Wildman–Crippen LogP) is 2.38. The molecule has 8 heteroatoms. The van der Waals surface area contributed by atoms with E-state index < -0.39 is 5.97 Å². The monoisotopic (exact) mass is 390 g/mol. The average Bonchev–Trinajstić information content (AvgIpc) is 2.99. The van der Waals surface area contributed by atoms with E-state index in [-0.39, 0.29) is 19.1 Å². The second kappa shape index (κ2) is 9.80. The third-order valence-corrected chi connectivity index (χ3v) is 4.31. The van der Waals surface area contributed by atoms with Gasteiger partial charge in [0.1, 0.15) is 12.3 Å². The number of aromatic nitrogens is 1. The summed E-state index contributed by atoms with van der Waals surface area (Å²) in [5, 5.41) is 2.84. The molecule has 0 spiro atoms. The minimum atomic E-state index is -0.489. The molecule has 8 nitrogen and oxygen atoms in total. The van der Waals surface area contributed by atoms with Crippen LogP contribution in [0.25, 0.3) is 0 Å². The summed E-state index contributed by atoms with van der Waals surface area (Å²) in [5.74, 6) is 0.326. The molecule has 0 aliphatic carbocycles. The maximum absolute atomic E-state index is 12.7. The molecule has 152 valence electrons. The first kappa shape index (κ1) is 21.3. The Morgan fingerprint density at radius 3 is 2.46 bits per heavy atom. The van der Waals surface area contributed by atoms with E-state index in [1.165, 1.54) is 7.11 Å². The number of carbonyl (C=O) groups excluding carboxylic acids is 2. The molecule has 0 radical (unpaired) electrons. The van der Waals surface area contributed by atoms with E-state index in [1.807, 2.05) is 12.1 Å². The van der Waals surface area contributed by atoms with Crippen LogP contribution in [0.15, 0.2) is 18.2 Å². The van der Waals surface area contributed by atoms with Crippen molar-refractivity contribution in [3.8, 4) is 11.5 Å². The zero-order chi connectivity index (χ0) is 20.7. The lowest BCUT2D eigenvalue weighted by atomic mass is 10.1. The van der Waals surface area contributed by atoms with E-state index in [4.69, 9.17) is 18.9 Å². The Balaban J connectivity index is 2.14. The Hall–Kier alpha value is -3.00. The molecule has 0 saturated heterocycles. The van der Waals surface area contributed by atoms with E-state index in [2.05, 4.69) is 10.3 Å². The number of H-pyrrole nitrogens is 1. The summed E-state index contributed by atoms with van der Waals surface area (Å²) in [5.41, 5.74) is 2.56. The molecule has 1 amide bonds. The van der Waals surface area contributed by atoms with Gasteiger partial charge in [0, 0.05) is 24.9 Å². The molecule has 0 fully saturated rings. The first-order valence-electron chi connectivity index (χ1n) is 8.77. The lowest BCUT2D eigenvalue weighted by Crippen LogP contribution is -2.24. The van der Waals surface area contributed by atoms with Crippen molar-refractivity contribution >= 4 is 11.9 Å². The number of esters is 1. The fourth-order valence-corrected chi connectivity index (χ4v) is 2.93. The van der Waals surface area contributed by atoms with Gasteiger partial charge in [0.25, 0.3) is 5.91 Å². The Morgan fingerprint density at radius 2 is 1.82 bits per heavy atom. The summed E-state index contributed by atoms with van der Waals surface area (Å²) in [6.07, 6.45) is 0. The fraction of sp³-hybridized carbons (Fsp3) is 0.400. The minimum Gasteiger partial charge on any atom is -0.493 e. The van der Waals surface area contributed by atoms with E-state index >= 15 is 0 Å². The van der Waals surface area contributed by atoms with Gasteiger partial charge in [0.15, 0.2) is 11.5 Å². The number of hydrogen-bond acceptors (Lipinski definition) is 6. The van der Waals surface area contributed by atoms with Gasteiger partial charge in [-0.25, -0.2) is 4.79 Å². The van der Waals surface area contributed by atoms with Crippen LogP contribution in [0.1, 0.15) is 37.7 Å². The van der Waals surface area contributed by atoms with Gasteiger partial charge >= 0.3 is 5.97 Å². The fourth-order valence-electron chi connectivity index (χ4n) is 2.93. The first-order chi connectivity index (χ1) is 13.4. The molecular weight excluding hydrogens is 364 g/mol. The van der Waals surface area contributed by atoms with E-state index in [9.17, 15) is 9.59 Å². The van der Waals surface area contributed by atoms with Crippen molar-refractivity contribution in [2.75, 3.05) is 34.5 Å². The Bertz CT molecular complexity index is 843. The summed E-state index contributed by atoms with van der Waals surface area (Å²) in [7, 11) is 4.63. The standard InChI is InChI=1S/C20H26N2O6/c1-12-16(20(24)28-10-9-25-3)13(2)22-17(12)19(23)21-11-14-7-6-8-15(26-4)18(14)27-5/h6-8,22H,9-11H2,1-5H3,(H,21,23). The number of rotatable bonds is 9. The quantitative estimate of drug-likeness (QED) is 0.504. The highest BCUT2D eigenvalue weighted by Gasteiger charge is 2.23. The number of nitrogens with one attached hydrogen (secondary N) is 2. The highest BCUT2D eigenvalue weighted by Crippen LogP contribution is 2.30. The smallest absolute Gasteiger partial charge is 0.340 e. The Labute approximate surface area is 164 Å². The number of carbonyl (C=O) groups is 2. The highest BCUT2D eigenvalue weighted by atomic mass is 16.6. The van der Waals surface area contributed by atoms with Crippen LogP contribution in [-0.4, -0.2) is 51.4 Å². The van der Waals surface area contributed by atoms with Crippen molar-refractivity contribution in [3.63, 3.8) is 0 Å². The van der Waals surface area contributed by atoms with Crippen LogP contribution in [0.5, 0.6) is 11.5 Å². The van der Waals surface area contributed by atoms with E-state index in [1.54, 1.807) is 34.1 Å². The van der Waals surface area contributed by atoms with Crippen LogP contribution in [0.2, 0.25) is 0 Å². The third kappa shape index (κ3) is 4.64. The molecule has 0 bridgehead atoms. The number of para-hydroxylation sites is 1. The van der Waals surface area contributed by atoms with Gasteiger partial charge in [-0.3, -0.25) is 4.79 Å². The topological polar surface area (TPSA) is 98.9 Å². The molecule has 1 aromatic carbocycles. The summed E-state index contributed by atoms with van der Waals surface area (Å²) in [6.45, 7) is 4.13. The molecule has 1 aromatic heterocycles. The van der Waals surface area contributed by atoms with E-state index in [0.717, 1.165) is 5.56 Å². The largest absolute Gasteiger partial charge is 0.493 e. The van der Waals surface area contributed by atoms with Crippen molar-refractivity contribution in [1.29, 1.82) is 0 Å². The van der Waals surface area contributed by atoms with Crippen LogP contribution < -0.4 is 14.8 Å². The Kier molecular flexibility index (Phi) is 7.45. The van der Waals surface area contributed by atoms with Gasteiger partial charge in [-0.1, -0.05) is 12.1 Å². The van der Waals surface area contributed by atoms with E-state index in [0.29, 0.717) is 40.6 Å².